The molecule has 0 aliphatic heterocycles. The number of hydrogen-bond acceptors (Lipinski definition) is 7. The number of nitrogens with one attached hydrogen (secondary N) is 1. The number of ketones is 1. The lowest BCUT2D eigenvalue weighted by molar-refractivity contribution is -0.115. The lowest BCUT2D eigenvalue weighted by Gasteiger charge is -2.07. The van der Waals surface area contributed by atoms with E-state index in [9.17, 15) is 9.59 Å². The van der Waals surface area contributed by atoms with Crippen molar-refractivity contribution >= 4 is 28.5 Å². The van der Waals surface area contributed by atoms with E-state index in [1.807, 2.05) is 24.5 Å². The van der Waals surface area contributed by atoms with Crippen LogP contribution < -0.4 is 5.32 Å². The highest BCUT2D eigenvalue weighted by atomic mass is 16.1. The van der Waals surface area contributed by atoms with Crippen molar-refractivity contribution in [3.63, 3.8) is 0 Å². The van der Waals surface area contributed by atoms with Crippen molar-refractivity contribution in [3.05, 3.63) is 77.8 Å². The molecule has 158 valence electrons. The van der Waals surface area contributed by atoms with Crippen LogP contribution in [0.5, 0.6) is 0 Å². The van der Waals surface area contributed by atoms with Crippen LogP contribution in [0.15, 0.2) is 55.4 Å². The smallest absolute Gasteiger partial charge is 0.231 e. The fraction of sp³-hybridized carbons (Fsp3) is 0.174. The average Bonchev–Trinajstić information content (AvgIpc) is 3.19. The maximum absolute atomic E-state index is 13.2. The van der Waals surface area contributed by atoms with Gasteiger partial charge in [-0.2, -0.15) is 5.26 Å². The van der Waals surface area contributed by atoms with Gasteiger partial charge in [-0.1, -0.05) is 0 Å². The zero-order valence-electron chi connectivity index (χ0n) is 17.5. The molecule has 1 amide bonds. The highest BCUT2D eigenvalue weighted by molar-refractivity contribution is 6.16. The molecule has 0 spiro atoms. The second-order valence-corrected chi connectivity index (χ2v) is 7.44. The topological polar surface area (TPSA) is 126 Å². The van der Waals surface area contributed by atoms with Gasteiger partial charge in [0.15, 0.2) is 5.78 Å². The van der Waals surface area contributed by atoms with E-state index >= 15 is 0 Å². The maximum Gasteiger partial charge on any atom is 0.231 e. The van der Waals surface area contributed by atoms with E-state index in [-0.39, 0.29) is 30.0 Å². The van der Waals surface area contributed by atoms with Crippen molar-refractivity contribution in [1.29, 1.82) is 5.26 Å². The molecule has 0 fully saturated rings. The highest BCUT2D eigenvalue weighted by Gasteiger charge is 2.19. The molecule has 4 heterocycles. The van der Waals surface area contributed by atoms with Crippen LogP contribution in [0, 0.1) is 11.3 Å². The molecular formula is C23H19N7O2. The van der Waals surface area contributed by atoms with Crippen molar-refractivity contribution in [2.24, 2.45) is 0 Å². The predicted octanol–water partition coefficient (Wildman–Crippen LogP) is 3.09. The van der Waals surface area contributed by atoms with Gasteiger partial charge in [-0.3, -0.25) is 14.6 Å². The number of pyridine rings is 2. The molecule has 0 aliphatic carbocycles. The van der Waals surface area contributed by atoms with Gasteiger partial charge < -0.3 is 9.88 Å². The van der Waals surface area contributed by atoms with E-state index in [1.165, 1.54) is 24.8 Å². The molecule has 0 radical (unpaired) electrons. The molecule has 32 heavy (non-hydrogen) atoms. The van der Waals surface area contributed by atoms with Crippen LogP contribution in [-0.2, 0) is 11.2 Å². The van der Waals surface area contributed by atoms with Crippen LogP contribution in [0.4, 0.5) is 5.82 Å². The third-order valence-electron chi connectivity index (χ3n) is 4.88. The normalized spacial score (nSPS) is 10.8. The van der Waals surface area contributed by atoms with E-state index in [4.69, 9.17) is 5.26 Å². The number of fused-ring (bicyclic) bond motifs is 1. The molecule has 9 nitrogen and oxygen atoms in total. The molecule has 0 aliphatic rings. The summed E-state index contributed by atoms with van der Waals surface area (Å²) in [6.45, 7) is 4.02. The summed E-state index contributed by atoms with van der Waals surface area (Å²) in [5.41, 5.74) is 2.51. The van der Waals surface area contributed by atoms with E-state index in [2.05, 4.69) is 25.3 Å². The van der Waals surface area contributed by atoms with Gasteiger partial charge in [0.2, 0.25) is 5.91 Å². The Bertz CT molecular complexity index is 1350. The Morgan fingerprint density at radius 2 is 2.00 bits per heavy atom. The van der Waals surface area contributed by atoms with Crippen molar-refractivity contribution in [1.82, 2.24) is 24.5 Å². The first-order valence-electron chi connectivity index (χ1n) is 9.92. The third kappa shape index (κ3) is 4.20. The number of carbonyl (C=O) groups excluding carboxylic acids is 2. The van der Waals surface area contributed by atoms with Gasteiger partial charge in [0.05, 0.1) is 17.5 Å². The molecule has 0 saturated heterocycles. The third-order valence-corrected chi connectivity index (χ3v) is 4.88. The van der Waals surface area contributed by atoms with Crippen LogP contribution in [-0.4, -0.2) is 36.2 Å². The summed E-state index contributed by atoms with van der Waals surface area (Å²) < 4.78 is 1.93. The quantitative estimate of drug-likeness (QED) is 0.470. The van der Waals surface area contributed by atoms with Crippen LogP contribution in [0.25, 0.3) is 11.0 Å². The molecule has 0 saturated carbocycles. The largest absolute Gasteiger partial charge is 0.329 e. The summed E-state index contributed by atoms with van der Waals surface area (Å²) in [7, 11) is 0. The Labute approximate surface area is 183 Å². The first-order valence-corrected chi connectivity index (χ1v) is 9.92. The number of aromatic nitrogens is 5. The van der Waals surface area contributed by atoms with Crippen molar-refractivity contribution in [3.8, 4) is 6.07 Å². The fourth-order valence-electron chi connectivity index (χ4n) is 3.31. The second kappa shape index (κ2) is 8.73. The van der Waals surface area contributed by atoms with Crippen LogP contribution in [0.1, 0.15) is 47.1 Å². The maximum atomic E-state index is 13.2. The minimum atomic E-state index is -0.330. The van der Waals surface area contributed by atoms with Crippen LogP contribution in [0.3, 0.4) is 0 Å². The van der Waals surface area contributed by atoms with Gasteiger partial charge in [0.1, 0.15) is 23.9 Å². The van der Waals surface area contributed by atoms with Gasteiger partial charge in [-0.25, -0.2) is 15.0 Å². The van der Waals surface area contributed by atoms with Crippen molar-refractivity contribution in [2.75, 3.05) is 5.32 Å². The molecule has 0 bridgehead atoms. The van der Waals surface area contributed by atoms with Crippen molar-refractivity contribution < 1.29 is 9.59 Å². The molecule has 0 aromatic carbocycles. The first-order chi connectivity index (χ1) is 15.5. The minimum Gasteiger partial charge on any atom is -0.329 e. The number of hydrogen-bond donors (Lipinski definition) is 1. The SMILES string of the molecule is CC(C)n1cc(C(=O)c2ccnc(NC(=O)Cc3ccc(C#N)cn3)c2)c2cncnc21. The number of anilines is 1. The molecule has 4 rings (SSSR count). The highest BCUT2D eigenvalue weighted by Crippen LogP contribution is 2.25. The molecule has 4 aromatic heterocycles. The molecular weight excluding hydrogens is 406 g/mol. The predicted molar refractivity (Wildman–Crippen MR) is 117 cm³/mol. The Balaban J connectivity index is 1.55. The number of nitrogens with zero attached hydrogens (tertiary/aromatic N) is 6. The summed E-state index contributed by atoms with van der Waals surface area (Å²) >= 11 is 0. The van der Waals surface area contributed by atoms with E-state index in [0.29, 0.717) is 33.4 Å². The molecule has 1 N–H and O–H groups in total. The molecule has 4 aromatic rings. The van der Waals surface area contributed by atoms with Gasteiger partial charge in [-0.15, -0.1) is 0 Å². The fourth-order valence-corrected chi connectivity index (χ4v) is 3.31. The molecule has 0 atom stereocenters. The lowest BCUT2D eigenvalue weighted by atomic mass is 10.1. The number of carbonyl (C=O) groups is 2. The van der Waals surface area contributed by atoms with Gasteiger partial charge in [0.25, 0.3) is 0 Å². The zero-order valence-corrected chi connectivity index (χ0v) is 17.5. The van der Waals surface area contributed by atoms with Gasteiger partial charge in [0, 0.05) is 47.5 Å². The number of nitriles is 1. The molecule has 0 unspecified atom stereocenters. The minimum absolute atomic E-state index is 0.0186. The summed E-state index contributed by atoms with van der Waals surface area (Å²) in [6.07, 6.45) is 7.77. The average molecular weight is 425 g/mol. The van der Waals surface area contributed by atoms with Gasteiger partial charge in [-0.05, 0) is 38.1 Å². The number of rotatable bonds is 6. The Hall–Kier alpha value is -4.45. The zero-order chi connectivity index (χ0) is 22.7. The van der Waals surface area contributed by atoms with E-state index < -0.39 is 0 Å². The Morgan fingerprint density at radius 3 is 2.72 bits per heavy atom. The van der Waals surface area contributed by atoms with Crippen molar-refractivity contribution in [2.45, 2.75) is 26.3 Å². The van der Waals surface area contributed by atoms with E-state index in [1.54, 1.807) is 30.6 Å². The summed E-state index contributed by atoms with van der Waals surface area (Å²) in [5, 5.41) is 12.2. The second-order valence-electron chi connectivity index (χ2n) is 7.44. The Morgan fingerprint density at radius 1 is 1.16 bits per heavy atom. The van der Waals surface area contributed by atoms with Crippen LogP contribution in [0.2, 0.25) is 0 Å². The summed E-state index contributed by atoms with van der Waals surface area (Å²) in [4.78, 5) is 42.2. The molecule has 9 heteroatoms. The lowest BCUT2D eigenvalue weighted by Crippen LogP contribution is -2.16. The summed E-state index contributed by atoms with van der Waals surface area (Å²) in [5.74, 6) is -0.279. The Kier molecular flexibility index (Phi) is 5.68. The van der Waals surface area contributed by atoms with E-state index in [0.717, 1.165) is 0 Å². The standard InChI is InChI=1S/C23H19N7O2/c1-14(2)30-12-19(18-11-25-13-28-23(18)30)22(32)16-5-6-26-20(7-16)29-21(31)8-17-4-3-15(9-24)10-27-17/h3-7,10-14H,8H2,1-2H3,(H,26,29,31). The monoisotopic (exact) mass is 425 g/mol. The van der Waals surface area contributed by atoms with Gasteiger partial charge >= 0.3 is 0 Å². The number of amides is 1. The first kappa shape index (κ1) is 20.8. The summed E-state index contributed by atoms with van der Waals surface area (Å²) in [6, 6.07) is 8.47. The van der Waals surface area contributed by atoms with Crippen LogP contribution >= 0.6 is 0 Å².